The highest BCUT2D eigenvalue weighted by Crippen LogP contribution is 2.30. The highest BCUT2D eigenvalue weighted by atomic mass is 16.1. The molecule has 0 unspecified atom stereocenters. The van der Waals surface area contributed by atoms with Crippen molar-refractivity contribution in [3.63, 3.8) is 0 Å². The molecule has 1 aromatic heterocycles. The number of aromatic nitrogens is 1. The van der Waals surface area contributed by atoms with Gasteiger partial charge >= 0.3 is 0 Å². The van der Waals surface area contributed by atoms with Gasteiger partial charge in [-0.25, -0.2) is 0 Å². The van der Waals surface area contributed by atoms with Crippen LogP contribution in [0, 0.1) is 13.8 Å². The molecule has 0 aliphatic carbocycles. The highest BCUT2D eigenvalue weighted by molar-refractivity contribution is 5.97. The fourth-order valence-electron chi connectivity index (χ4n) is 3.06. The fraction of sp³-hybridized carbons (Fsp3) is 0.280. The summed E-state index contributed by atoms with van der Waals surface area (Å²) in [7, 11) is 0. The second-order valence-electron chi connectivity index (χ2n) is 8.05. The molecule has 0 saturated heterocycles. The van der Waals surface area contributed by atoms with Crippen LogP contribution in [0.2, 0.25) is 0 Å². The maximum atomic E-state index is 13.0. The van der Waals surface area contributed by atoms with Crippen LogP contribution in [0.3, 0.4) is 0 Å². The predicted octanol–water partition coefficient (Wildman–Crippen LogP) is 5.95. The van der Waals surface area contributed by atoms with Crippen molar-refractivity contribution in [1.82, 2.24) is 10.3 Å². The molecular formula is C25H28N2O. The molecule has 0 atom stereocenters. The number of pyridine rings is 1. The Bertz CT molecular complexity index is 988. The van der Waals surface area contributed by atoms with E-state index in [2.05, 4.69) is 61.4 Å². The maximum Gasteiger partial charge on any atom is 0.251 e. The van der Waals surface area contributed by atoms with E-state index in [1.165, 1.54) is 5.56 Å². The summed E-state index contributed by atoms with van der Waals surface area (Å²) < 4.78 is 0. The van der Waals surface area contributed by atoms with Crippen molar-refractivity contribution >= 4 is 5.91 Å². The van der Waals surface area contributed by atoms with E-state index in [9.17, 15) is 4.79 Å². The third-order valence-corrected chi connectivity index (χ3v) is 5.27. The number of nitrogens with zero attached hydrogens (tertiary/aromatic N) is 1. The average Bonchev–Trinajstić information content (AvgIpc) is 2.68. The van der Waals surface area contributed by atoms with Gasteiger partial charge in [-0.05, 0) is 80.6 Å². The summed E-state index contributed by atoms with van der Waals surface area (Å²) in [6.45, 7) is 10.3. The molecular weight excluding hydrogens is 344 g/mol. The largest absolute Gasteiger partial charge is 0.347 e. The van der Waals surface area contributed by atoms with Gasteiger partial charge in [-0.3, -0.25) is 9.78 Å². The summed E-state index contributed by atoms with van der Waals surface area (Å²) in [5.41, 5.74) is 6.93. The lowest BCUT2D eigenvalue weighted by atomic mass is 9.94. The number of aryl methyl sites for hydroxylation is 2. The SMILES string of the molecule is CCC(C)(C)NC(=O)c1cc(-c2ccc(C)cc2)cc(-c2cnccc2C)c1. The topological polar surface area (TPSA) is 42.0 Å². The molecule has 1 heterocycles. The highest BCUT2D eigenvalue weighted by Gasteiger charge is 2.20. The standard InChI is InChI=1S/C25H28N2O/c1-6-25(4,5)27-24(28)22-14-20(19-9-7-17(2)8-10-19)13-21(15-22)23-16-26-12-11-18(23)3/h7-16H,6H2,1-5H3,(H,27,28). The Kier molecular flexibility index (Phi) is 5.64. The number of benzene rings is 2. The molecule has 0 fully saturated rings. The van der Waals surface area contributed by atoms with Gasteiger partial charge in [-0.1, -0.05) is 36.8 Å². The minimum absolute atomic E-state index is 0.0522. The van der Waals surface area contributed by atoms with Crippen molar-refractivity contribution in [3.05, 3.63) is 77.6 Å². The predicted molar refractivity (Wildman–Crippen MR) is 116 cm³/mol. The summed E-state index contributed by atoms with van der Waals surface area (Å²) in [6, 6.07) is 16.5. The van der Waals surface area contributed by atoms with Crippen LogP contribution in [0.25, 0.3) is 22.3 Å². The van der Waals surface area contributed by atoms with Crippen LogP contribution < -0.4 is 5.32 Å². The van der Waals surface area contributed by atoms with Crippen molar-refractivity contribution in [3.8, 4) is 22.3 Å². The number of amides is 1. The normalized spacial score (nSPS) is 11.3. The second-order valence-corrected chi connectivity index (χ2v) is 8.05. The van der Waals surface area contributed by atoms with E-state index < -0.39 is 0 Å². The Hall–Kier alpha value is -2.94. The first kappa shape index (κ1) is 19.8. The van der Waals surface area contributed by atoms with Gasteiger partial charge in [0.05, 0.1) is 0 Å². The van der Waals surface area contributed by atoms with Crippen LogP contribution in [0.5, 0.6) is 0 Å². The zero-order valence-corrected chi connectivity index (χ0v) is 17.3. The van der Waals surface area contributed by atoms with Gasteiger partial charge in [0.2, 0.25) is 0 Å². The zero-order valence-electron chi connectivity index (χ0n) is 17.3. The van der Waals surface area contributed by atoms with E-state index in [1.807, 2.05) is 38.2 Å². The Morgan fingerprint density at radius 3 is 2.29 bits per heavy atom. The molecule has 0 aliphatic rings. The zero-order chi connectivity index (χ0) is 20.3. The maximum absolute atomic E-state index is 13.0. The van der Waals surface area contributed by atoms with Gasteiger partial charge in [-0.2, -0.15) is 0 Å². The molecule has 3 heteroatoms. The van der Waals surface area contributed by atoms with E-state index in [1.54, 1.807) is 6.20 Å². The minimum Gasteiger partial charge on any atom is -0.347 e. The molecule has 3 aromatic rings. The van der Waals surface area contributed by atoms with E-state index in [0.29, 0.717) is 5.56 Å². The van der Waals surface area contributed by atoms with Gasteiger partial charge in [0.1, 0.15) is 0 Å². The Morgan fingerprint density at radius 2 is 1.64 bits per heavy atom. The van der Waals surface area contributed by atoms with Crippen molar-refractivity contribution in [2.45, 2.75) is 46.6 Å². The Balaban J connectivity index is 2.12. The molecule has 0 spiro atoms. The number of carbonyl (C=O) groups excluding carboxylic acids is 1. The molecule has 1 N–H and O–H groups in total. The molecule has 3 nitrogen and oxygen atoms in total. The summed E-state index contributed by atoms with van der Waals surface area (Å²) in [4.78, 5) is 17.3. The number of hydrogen-bond donors (Lipinski definition) is 1. The van der Waals surface area contributed by atoms with Crippen molar-refractivity contribution in [2.75, 3.05) is 0 Å². The summed E-state index contributed by atoms with van der Waals surface area (Å²) in [5.74, 6) is -0.0522. The van der Waals surface area contributed by atoms with Crippen LogP contribution >= 0.6 is 0 Å². The van der Waals surface area contributed by atoms with E-state index in [0.717, 1.165) is 34.2 Å². The third-order valence-electron chi connectivity index (χ3n) is 5.27. The minimum atomic E-state index is -0.249. The first-order valence-electron chi connectivity index (χ1n) is 9.75. The quantitative estimate of drug-likeness (QED) is 0.601. The number of carbonyl (C=O) groups is 1. The number of rotatable bonds is 5. The van der Waals surface area contributed by atoms with Gasteiger partial charge in [0.15, 0.2) is 0 Å². The molecule has 0 aliphatic heterocycles. The molecule has 0 saturated carbocycles. The van der Waals surface area contributed by atoms with Gasteiger partial charge in [0.25, 0.3) is 5.91 Å². The molecule has 0 bridgehead atoms. The van der Waals surface area contributed by atoms with Crippen molar-refractivity contribution in [1.29, 1.82) is 0 Å². The molecule has 2 aromatic carbocycles. The molecule has 28 heavy (non-hydrogen) atoms. The van der Waals surface area contributed by atoms with Gasteiger partial charge in [0, 0.05) is 29.1 Å². The summed E-state index contributed by atoms with van der Waals surface area (Å²) in [6.07, 6.45) is 4.52. The lowest BCUT2D eigenvalue weighted by Crippen LogP contribution is -2.42. The van der Waals surface area contributed by atoms with Crippen molar-refractivity contribution in [2.24, 2.45) is 0 Å². The molecule has 144 valence electrons. The molecule has 0 radical (unpaired) electrons. The van der Waals surface area contributed by atoms with Gasteiger partial charge < -0.3 is 5.32 Å². The molecule has 1 amide bonds. The summed E-state index contributed by atoms with van der Waals surface area (Å²) in [5, 5.41) is 3.15. The Morgan fingerprint density at radius 1 is 0.964 bits per heavy atom. The van der Waals surface area contributed by atoms with Crippen LogP contribution in [0.15, 0.2) is 60.9 Å². The third kappa shape index (κ3) is 4.48. The fourth-order valence-corrected chi connectivity index (χ4v) is 3.06. The number of nitrogens with one attached hydrogen (secondary N) is 1. The van der Waals surface area contributed by atoms with Crippen LogP contribution in [-0.4, -0.2) is 16.4 Å². The Labute approximate surface area is 167 Å². The van der Waals surface area contributed by atoms with Crippen molar-refractivity contribution < 1.29 is 4.79 Å². The summed E-state index contributed by atoms with van der Waals surface area (Å²) >= 11 is 0. The first-order valence-corrected chi connectivity index (χ1v) is 9.75. The van der Waals surface area contributed by atoms with E-state index in [4.69, 9.17) is 0 Å². The monoisotopic (exact) mass is 372 g/mol. The average molecular weight is 373 g/mol. The second kappa shape index (κ2) is 7.97. The van der Waals surface area contributed by atoms with E-state index in [-0.39, 0.29) is 11.4 Å². The lowest BCUT2D eigenvalue weighted by molar-refractivity contribution is 0.0911. The van der Waals surface area contributed by atoms with Gasteiger partial charge in [-0.15, -0.1) is 0 Å². The number of hydrogen-bond acceptors (Lipinski definition) is 2. The lowest BCUT2D eigenvalue weighted by Gasteiger charge is -2.25. The molecule has 3 rings (SSSR count). The van der Waals surface area contributed by atoms with Crippen LogP contribution in [0.4, 0.5) is 0 Å². The van der Waals surface area contributed by atoms with E-state index >= 15 is 0 Å². The first-order chi connectivity index (χ1) is 13.3. The van der Waals surface area contributed by atoms with Crippen LogP contribution in [-0.2, 0) is 0 Å². The van der Waals surface area contributed by atoms with Crippen LogP contribution in [0.1, 0.15) is 48.7 Å². The smallest absolute Gasteiger partial charge is 0.251 e.